The van der Waals surface area contributed by atoms with E-state index in [1.165, 1.54) is 13.0 Å². The fraction of sp³-hybridized carbons (Fsp3) is 0.231. The summed E-state index contributed by atoms with van der Waals surface area (Å²) in [6.45, 7) is 1.52. The van der Waals surface area contributed by atoms with E-state index in [0.717, 1.165) is 5.56 Å². The van der Waals surface area contributed by atoms with Crippen molar-refractivity contribution in [3.05, 3.63) is 42.0 Å². The average Bonchev–Trinajstić information content (AvgIpc) is 2.34. The van der Waals surface area contributed by atoms with Crippen molar-refractivity contribution in [3.8, 4) is 0 Å². The van der Waals surface area contributed by atoms with Crippen molar-refractivity contribution in [2.24, 2.45) is 0 Å². The third-order valence-electron chi connectivity index (χ3n) is 2.21. The molecule has 4 heteroatoms. The number of carboxylic acids is 1. The molecule has 90 valence electrons. The molecule has 0 fully saturated rings. The molecule has 4 nitrogen and oxygen atoms in total. The molecule has 0 aliphatic rings. The summed E-state index contributed by atoms with van der Waals surface area (Å²) in [5, 5.41) is 11.2. The summed E-state index contributed by atoms with van der Waals surface area (Å²) in [6.07, 6.45) is 3.15. The number of hydrogen-bond donors (Lipinski definition) is 2. The minimum absolute atomic E-state index is 0.0246. The minimum Gasteiger partial charge on any atom is -0.480 e. The lowest BCUT2D eigenvalue weighted by Gasteiger charge is -2.05. The molecule has 0 saturated heterocycles. The van der Waals surface area contributed by atoms with Crippen LogP contribution in [0, 0.1) is 0 Å². The summed E-state index contributed by atoms with van der Waals surface area (Å²) in [4.78, 5) is 21.9. The van der Waals surface area contributed by atoms with Gasteiger partial charge < -0.3 is 5.11 Å². The molecule has 1 aromatic carbocycles. The minimum atomic E-state index is -0.968. The number of carbonyl (C=O) groups is 2. The van der Waals surface area contributed by atoms with Gasteiger partial charge in [0.2, 0.25) is 0 Å². The Bertz CT molecular complexity index is 412. The van der Waals surface area contributed by atoms with Crippen LogP contribution in [0.1, 0.15) is 12.5 Å². The van der Waals surface area contributed by atoms with Crippen LogP contribution < -0.4 is 5.32 Å². The average molecular weight is 233 g/mol. The van der Waals surface area contributed by atoms with E-state index in [0.29, 0.717) is 0 Å². The van der Waals surface area contributed by atoms with Gasteiger partial charge in [-0.25, -0.2) is 0 Å². The Morgan fingerprint density at radius 3 is 2.59 bits per heavy atom. The van der Waals surface area contributed by atoms with Gasteiger partial charge in [0, 0.05) is 0 Å². The molecular weight excluding hydrogens is 218 g/mol. The number of aliphatic carboxylic acids is 1. The Morgan fingerprint density at radius 2 is 2.00 bits per heavy atom. The van der Waals surface area contributed by atoms with E-state index in [4.69, 9.17) is 5.11 Å². The van der Waals surface area contributed by atoms with Crippen LogP contribution in [0.25, 0.3) is 6.08 Å². The van der Waals surface area contributed by atoms with E-state index < -0.39 is 12.0 Å². The van der Waals surface area contributed by atoms with Gasteiger partial charge in [0.25, 0.3) is 0 Å². The monoisotopic (exact) mass is 233 g/mol. The second-order valence-corrected chi connectivity index (χ2v) is 3.65. The molecule has 0 amide bonds. The van der Waals surface area contributed by atoms with Gasteiger partial charge in [0.05, 0.1) is 6.54 Å². The molecule has 0 heterocycles. The van der Waals surface area contributed by atoms with Crippen molar-refractivity contribution in [1.29, 1.82) is 0 Å². The maximum atomic E-state index is 11.4. The van der Waals surface area contributed by atoms with Gasteiger partial charge in [-0.3, -0.25) is 14.9 Å². The topological polar surface area (TPSA) is 66.4 Å². The lowest BCUT2D eigenvalue weighted by molar-refractivity contribution is -0.139. The summed E-state index contributed by atoms with van der Waals surface area (Å²) < 4.78 is 0. The fourth-order valence-electron chi connectivity index (χ4n) is 1.15. The summed E-state index contributed by atoms with van der Waals surface area (Å²) in [7, 11) is 0. The maximum absolute atomic E-state index is 11.4. The number of ketones is 1. The molecule has 2 N–H and O–H groups in total. The molecule has 1 aromatic rings. The van der Waals surface area contributed by atoms with E-state index >= 15 is 0 Å². The van der Waals surface area contributed by atoms with E-state index in [1.54, 1.807) is 6.08 Å². The molecule has 0 spiro atoms. The zero-order chi connectivity index (χ0) is 12.7. The van der Waals surface area contributed by atoms with Crippen molar-refractivity contribution in [2.75, 3.05) is 6.54 Å². The highest BCUT2D eigenvalue weighted by Gasteiger charge is 2.10. The number of rotatable bonds is 6. The van der Waals surface area contributed by atoms with Gasteiger partial charge in [-0.2, -0.15) is 0 Å². The lowest BCUT2D eigenvalue weighted by atomic mass is 10.2. The molecule has 0 bridgehead atoms. The van der Waals surface area contributed by atoms with Crippen LogP contribution >= 0.6 is 0 Å². The molecule has 0 aliphatic heterocycles. The van der Waals surface area contributed by atoms with Crippen LogP contribution in [-0.2, 0) is 9.59 Å². The number of carboxylic acid groups (broad SMARTS) is 1. The lowest BCUT2D eigenvalue weighted by Crippen LogP contribution is -2.36. The standard InChI is InChI=1S/C13H15NO3/c1-10(13(16)17)14-9-12(15)8-7-11-5-3-2-4-6-11/h2-8,10,14H,9H2,1H3,(H,16,17). The van der Waals surface area contributed by atoms with E-state index in [9.17, 15) is 9.59 Å². The molecule has 0 radical (unpaired) electrons. The highest BCUT2D eigenvalue weighted by atomic mass is 16.4. The predicted octanol–water partition coefficient (Wildman–Crippen LogP) is 1.33. The second-order valence-electron chi connectivity index (χ2n) is 3.65. The molecule has 0 saturated carbocycles. The van der Waals surface area contributed by atoms with E-state index in [2.05, 4.69) is 5.32 Å². The van der Waals surface area contributed by atoms with Crippen LogP contribution in [0.2, 0.25) is 0 Å². The molecule has 1 atom stereocenters. The zero-order valence-corrected chi connectivity index (χ0v) is 9.59. The van der Waals surface area contributed by atoms with Gasteiger partial charge in [0.1, 0.15) is 6.04 Å². The third kappa shape index (κ3) is 5.08. The summed E-state index contributed by atoms with van der Waals surface area (Å²) >= 11 is 0. The van der Waals surface area contributed by atoms with E-state index in [1.807, 2.05) is 30.3 Å². The SMILES string of the molecule is CC(NCC(=O)C=Cc1ccccc1)C(=O)O. The smallest absolute Gasteiger partial charge is 0.320 e. The van der Waals surface area contributed by atoms with Crippen LogP contribution in [-0.4, -0.2) is 29.4 Å². The Balaban J connectivity index is 2.40. The van der Waals surface area contributed by atoms with Gasteiger partial charge in [0.15, 0.2) is 5.78 Å². The fourth-order valence-corrected chi connectivity index (χ4v) is 1.15. The van der Waals surface area contributed by atoms with E-state index in [-0.39, 0.29) is 12.3 Å². The van der Waals surface area contributed by atoms with Crippen LogP contribution in [0.5, 0.6) is 0 Å². The van der Waals surface area contributed by atoms with Gasteiger partial charge >= 0.3 is 5.97 Å². The summed E-state index contributed by atoms with van der Waals surface area (Å²) in [6, 6.07) is 8.72. The van der Waals surface area contributed by atoms with Gasteiger partial charge in [-0.05, 0) is 18.6 Å². The van der Waals surface area contributed by atoms with Crippen molar-refractivity contribution in [2.45, 2.75) is 13.0 Å². The summed E-state index contributed by atoms with van der Waals surface area (Å²) in [5.74, 6) is -1.12. The molecule has 1 unspecified atom stereocenters. The van der Waals surface area contributed by atoms with Crippen molar-refractivity contribution in [3.63, 3.8) is 0 Å². The van der Waals surface area contributed by atoms with Crippen LogP contribution in [0.3, 0.4) is 0 Å². The predicted molar refractivity (Wildman–Crippen MR) is 65.6 cm³/mol. The number of hydrogen-bond acceptors (Lipinski definition) is 3. The highest BCUT2D eigenvalue weighted by molar-refractivity contribution is 5.95. The second kappa shape index (κ2) is 6.60. The number of nitrogens with one attached hydrogen (secondary N) is 1. The Hall–Kier alpha value is -1.94. The first kappa shape index (κ1) is 13.1. The summed E-state index contributed by atoms with van der Waals surface area (Å²) in [5.41, 5.74) is 0.937. The molecule has 0 aromatic heterocycles. The van der Waals surface area contributed by atoms with Gasteiger partial charge in [-0.1, -0.05) is 36.4 Å². The molecular formula is C13H15NO3. The molecule has 1 rings (SSSR count). The Kier molecular flexibility index (Phi) is 5.10. The first-order chi connectivity index (χ1) is 8.09. The van der Waals surface area contributed by atoms with Crippen molar-refractivity contribution < 1.29 is 14.7 Å². The van der Waals surface area contributed by atoms with Crippen LogP contribution in [0.15, 0.2) is 36.4 Å². The maximum Gasteiger partial charge on any atom is 0.320 e. The van der Waals surface area contributed by atoms with Gasteiger partial charge in [-0.15, -0.1) is 0 Å². The Labute approximate surface area is 100.0 Å². The number of carbonyl (C=O) groups excluding carboxylic acids is 1. The molecule has 17 heavy (non-hydrogen) atoms. The quantitative estimate of drug-likeness (QED) is 0.727. The highest BCUT2D eigenvalue weighted by Crippen LogP contribution is 2.00. The molecule has 0 aliphatic carbocycles. The number of benzene rings is 1. The Morgan fingerprint density at radius 1 is 1.35 bits per heavy atom. The normalized spacial score (nSPS) is 12.5. The first-order valence-corrected chi connectivity index (χ1v) is 5.32. The third-order valence-corrected chi connectivity index (χ3v) is 2.21. The van der Waals surface area contributed by atoms with Crippen molar-refractivity contribution in [1.82, 2.24) is 5.32 Å². The van der Waals surface area contributed by atoms with Crippen LogP contribution in [0.4, 0.5) is 0 Å². The van der Waals surface area contributed by atoms with Crippen molar-refractivity contribution >= 4 is 17.8 Å². The largest absolute Gasteiger partial charge is 0.480 e. The first-order valence-electron chi connectivity index (χ1n) is 5.32. The zero-order valence-electron chi connectivity index (χ0n) is 9.59.